The molecule has 0 aliphatic heterocycles. The Balaban J connectivity index is 1.88. The molecule has 5 nitrogen and oxygen atoms in total. The summed E-state index contributed by atoms with van der Waals surface area (Å²) in [6.07, 6.45) is 1.36. The number of nitriles is 1. The number of rotatable bonds is 7. The number of amides is 1. The highest BCUT2D eigenvalue weighted by Crippen LogP contribution is 2.29. The second-order valence-electron chi connectivity index (χ2n) is 6.53. The maximum atomic E-state index is 13.8. The smallest absolute Gasteiger partial charge is 0.266 e. The number of hydrogen-bond acceptors (Lipinski definition) is 4. The number of para-hydroxylation sites is 1. The SMILES string of the molecule is COc1ccc(/C=C(\C#N)C(=O)Nc2ccccc2F)c(OCc2ccc(Cl)cc2Cl)c1. The van der Waals surface area contributed by atoms with Crippen molar-refractivity contribution in [2.24, 2.45) is 0 Å². The molecule has 0 spiro atoms. The van der Waals surface area contributed by atoms with Gasteiger partial charge < -0.3 is 14.8 Å². The minimum atomic E-state index is -0.750. The standard InChI is InChI=1S/C24H17Cl2FN2O3/c1-31-19-9-7-15(23(12-19)32-14-16-6-8-18(25)11-20(16)26)10-17(13-28)24(30)29-22-5-3-2-4-21(22)27/h2-12H,14H2,1H3,(H,29,30)/b17-10+. The summed E-state index contributed by atoms with van der Waals surface area (Å²) in [6.45, 7) is 0.118. The molecule has 0 saturated carbocycles. The first-order chi connectivity index (χ1) is 15.4. The molecular formula is C24H17Cl2FN2O3. The van der Waals surface area contributed by atoms with E-state index in [0.717, 1.165) is 0 Å². The number of halogens is 3. The third-order valence-corrected chi connectivity index (χ3v) is 4.99. The van der Waals surface area contributed by atoms with Crippen molar-refractivity contribution in [3.8, 4) is 17.6 Å². The topological polar surface area (TPSA) is 71.3 Å². The second-order valence-corrected chi connectivity index (χ2v) is 7.38. The lowest BCUT2D eigenvalue weighted by Gasteiger charge is -2.13. The van der Waals surface area contributed by atoms with Crippen LogP contribution >= 0.6 is 23.2 Å². The van der Waals surface area contributed by atoms with Crippen LogP contribution in [0.5, 0.6) is 11.5 Å². The minimum Gasteiger partial charge on any atom is -0.497 e. The van der Waals surface area contributed by atoms with Crippen LogP contribution in [0.15, 0.2) is 66.2 Å². The van der Waals surface area contributed by atoms with Crippen LogP contribution in [0.1, 0.15) is 11.1 Å². The Morgan fingerprint density at radius 1 is 1.16 bits per heavy atom. The predicted octanol–water partition coefficient (Wildman–Crippen LogP) is 6.27. The fourth-order valence-corrected chi connectivity index (χ4v) is 3.20. The van der Waals surface area contributed by atoms with E-state index >= 15 is 0 Å². The third-order valence-electron chi connectivity index (χ3n) is 4.41. The van der Waals surface area contributed by atoms with Gasteiger partial charge >= 0.3 is 0 Å². The Hall–Kier alpha value is -3.53. The number of carbonyl (C=O) groups excluding carboxylic acids is 1. The highest BCUT2D eigenvalue weighted by molar-refractivity contribution is 6.35. The predicted molar refractivity (Wildman–Crippen MR) is 122 cm³/mol. The first kappa shape index (κ1) is 23.1. The Labute approximate surface area is 194 Å². The van der Waals surface area contributed by atoms with Gasteiger partial charge in [-0.25, -0.2) is 4.39 Å². The quantitative estimate of drug-likeness (QED) is 0.326. The molecule has 1 N–H and O–H groups in total. The summed E-state index contributed by atoms with van der Waals surface area (Å²) in [7, 11) is 1.51. The van der Waals surface area contributed by atoms with E-state index in [1.54, 1.807) is 42.5 Å². The van der Waals surface area contributed by atoms with Gasteiger partial charge in [-0.3, -0.25) is 4.79 Å². The summed E-state index contributed by atoms with van der Waals surface area (Å²) in [5.41, 5.74) is 0.901. The number of anilines is 1. The molecule has 0 saturated heterocycles. The Morgan fingerprint density at radius 3 is 2.62 bits per heavy atom. The van der Waals surface area contributed by atoms with Crippen LogP contribution in [-0.2, 0) is 11.4 Å². The van der Waals surface area contributed by atoms with E-state index in [-0.39, 0.29) is 17.9 Å². The van der Waals surface area contributed by atoms with E-state index in [0.29, 0.717) is 32.7 Å². The van der Waals surface area contributed by atoms with Crippen molar-refractivity contribution >= 4 is 40.9 Å². The zero-order valence-corrected chi connectivity index (χ0v) is 18.4. The number of nitrogens with zero attached hydrogens (tertiary/aromatic N) is 1. The van der Waals surface area contributed by atoms with Crippen molar-refractivity contribution in [2.45, 2.75) is 6.61 Å². The highest BCUT2D eigenvalue weighted by Gasteiger charge is 2.14. The van der Waals surface area contributed by atoms with Gasteiger partial charge in [0.2, 0.25) is 0 Å². The van der Waals surface area contributed by atoms with Crippen molar-refractivity contribution in [1.82, 2.24) is 0 Å². The van der Waals surface area contributed by atoms with Gasteiger partial charge in [-0.15, -0.1) is 0 Å². The molecule has 0 atom stereocenters. The van der Waals surface area contributed by atoms with Crippen molar-refractivity contribution in [3.63, 3.8) is 0 Å². The van der Waals surface area contributed by atoms with E-state index in [9.17, 15) is 14.4 Å². The second kappa shape index (κ2) is 10.7. The molecule has 32 heavy (non-hydrogen) atoms. The summed E-state index contributed by atoms with van der Waals surface area (Å²) < 4.78 is 25.0. The summed E-state index contributed by atoms with van der Waals surface area (Å²) in [5, 5.41) is 12.8. The molecule has 0 radical (unpaired) electrons. The van der Waals surface area contributed by atoms with E-state index in [1.807, 2.05) is 6.07 Å². The van der Waals surface area contributed by atoms with Crippen LogP contribution < -0.4 is 14.8 Å². The lowest BCUT2D eigenvalue weighted by Crippen LogP contribution is -2.14. The molecule has 0 heterocycles. The van der Waals surface area contributed by atoms with Crippen molar-refractivity contribution in [3.05, 3.63) is 93.2 Å². The van der Waals surface area contributed by atoms with Crippen molar-refractivity contribution in [2.75, 3.05) is 12.4 Å². The van der Waals surface area contributed by atoms with Crippen molar-refractivity contribution < 1.29 is 18.7 Å². The van der Waals surface area contributed by atoms with Gasteiger partial charge in [-0.2, -0.15) is 5.26 Å². The molecule has 0 aliphatic rings. The average molecular weight is 471 g/mol. The van der Waals surface area contributed by atoms with Gasteiger partial charge in [-0.05, 0) is 42.5 Å². The summed E-state index contributed by atoms with van der Waals surface area (Å²) in [4.78, 5) is 12.5. The molecule has 0 bridgehead atoms. The number of ether oxygens (including phenoxy) is 2. The molecular weight excluding hydrogens is 454 g/mol. The first-order valence-electron chi connectivity index (χ1n) is 9.33. The molecule has 1 amide bonds. The van der Waals surface area contributed by atoms with Crippen LogP contribution in [-0.4, -0.2) is 13.0 Å². The van der Waals surface area contributed by atoms with E-state index in [1.165, 1.54) is 31.4 Å². The van der Waals surface area contributed by atoms with Crippen LogP contribution in [0.3, 0.4) is 0 Å². The van der Waals surface area contributed by atoms with Gasteiger partial charge in [-0.1, -0.05) is 41.4 Å². The van der Waals surface area contributed by atoms with E-state index in [2.05, 4.69) is 5.32 Å². The molecule has 3 aromatic carbocycles. The maximum Gasteiger partial charge on any atom is 0.266 e. The van der Waals surface area contributed by atoms with Crippen molar-refractivity contribution in [1.29, 1.82) is 5.26 Å². The number of methoxy groups -OCH3 is 1. The van der Waals surface area contributed by atoms with Gasteiger partial charge in [0.25, 0.3) is 5.91 Å². The van der Waals surface area contributed by atoms with Crippen LogP contribution in [0.4, 0.5) is 10.1 Å². The number of carbonyl (C=O) groups is 1. The third kappa shape index (κ3) is 5.79. The molecule has 0 unspecified atom stereocenters. The van der Waals surface area contributed by atoms with E-state index < -0.39 is 11.7 Å². The molecule has 3 aromatic rings. The van der Waals surface area contributed by atoms with Gasteiger partial charge in [0.15, 0.2) is 0 Å². The fraction of sp³-hybridized carbons (Fsp3) is 0.0833. The Bertz CT molecular complexity index is 1220. The molecule has 8 heteroatoms. The van der Waals surface area contributed by atoms with Gasteiger partial charge in [0.1, 0.15) is 35.6 Å². The fourth-order valence-electron chi connectivity index (χ4n) is 2.74. The molecule has 0 aromatic heterocycles. The number of hydrogen-bond donors (Lipinski definition) is 1. The average Bonchev–Trinajstić information content (AvgIpc) is 2.78. The van der Waals surface area contributed by atoms with E-state index in [4.69, 9.17) is 32.7 Å². The first-order valence-corrected chi connectivity index (χ1v) is 10.1. The zero-order chi connectivity index (χ0) is 23.1. The molecule has 3 rings (SSSR count). The normalized spacial score (nSPS) is 10.9. The molecule has 162 valence electrons. The summed E-state index contributed by atoms with van der Waals surface area (Å²) in [5.74, 6) is -0.470. The molecule has 0 fully saturated rings. The van der Waals surface area contributed by atoms with Crippen LogP contribution in [0, 0.1) is 17.1 Å². The molecule has 0 aliphatic carbocycles. The number of benzene rings is 3. The minimum absolute atomic E-state index is 0.0257. The Kier molecular flexibility index (Phi) is 7.72. The number of nitrogens with one attached hydrogen (secondary N) is 1. The monoisotopic (exact) mass is 470 g/mol. The van der Waals surface area contributed by atoms with Crippen LogP contribution in [0.2, 0.25) is 10.0 Å². The summed E-state index contributed by atoms with van der Waals surface area (Å²) in [6, 6.07) is 17.5. The lowest BCUT2D eigenvalue weighted by atomic mass is 10.1. The summed E-state index contributed by atoms with van der Waals surface area (Å²) >= 11 is 12.1. The lowest BCUT2D eigenvalue weighted by molar-refractivity contribution is -0.112. The Morgan fingerprint density at radius 2 is 1.94 bits per heavy atom. The van der Waals surface area contributed by atoms with Gasteiger partial charge in [0, 0.05) is 27.2 Å². The zero-order valence-electron chi connectivity index (χ0n) is 16.9. The highest BCUT2D eigenvalue weighted by atomic mass is 35.5. The maximum absolute atomic E-state index is 13.8. The van der Waals surface area contributed by atoms with Gasteiger partial charge in [0.05, 0.1) is 12.8 Å². The van der Waals surface area contributed by atoms with Crippen LogP contribution in [0.25, 0.3) is 6.08 Å². The largest absolute Gasteiger partial charge is 0.497 e.